The van der Waals surface area contributed by atoms with Crippen LogP contribution in [0.5, 0.6) is 0 Å². The van der Waals surface area contributed by atoms with Crippen LogP contribution in [0.4, 0.5) is 0 Å². The molecule has 3 N–H and O–H groups in total. The van der Waals surface area contributed by atoms with Crippen LogP contribution < -0.4 is 5.32 Å². The summed E-state index contributed by atoms with van der Waals surface area (Å²) in [6, 6.07) is 4.86. The lowest BCUT2D eigenvalue weighted by Crippen LogP contribution is -2.49. The lowest BCUT2D eigenvalue weighted by molar-refractivity contribution is -0.142. The average Bonchev–Trinajstić information content (AvgIpc) is 2.98. The van der Waals surface area contributed by atoms with Crippen molar-refractivity contribution in [1.29, 1.82) is 0 Å². The van der Waals surface area contributed by atoms with E-state index >= 15 is 0 Å². The Labute approximate surface area is 173 Å². The van der Waals surface area contributed by atoms with Crippen LogP contribution >= 0.6 is 23.2 Å². The molecule has 0 saturated carbocycles. The first-order valence-electron chi connectivity index (χ1n) is 8.83. The first-order valence-corrected chi connectivity index (χ1v) is 9.58. The lowest BCUT2D eigenvalue weighted by Gasteiger charge is -2.22. The maximum Gasteiger partial charge on any atom is 0.321 e. The molecule has 0 saturated heterocycles. The smallest absolute Gasteiger partial charge is 0.321 e. The molecular formula is C19H23Cl2N3O4. The number of rotatable bonds is 10. The first kappa shape index (κ1) is 22.2. The summed E-state index contributed by atoms with van der Waals surface area (Å²) in [5.74, 6) is -2.07. The molecule has 2 atom stereocenters. The number of hydrogen-bond acceptors (Lipinski definition) is 4. The van der Waals surface area contributed by atoms with Gasteiger partial charge in [-0.2, -0.15) is 5.10 Å². The highest BCUT2D eigenvalue weighted by molar-refractivity contribution is 6.34. The van der Waals surface area contributed by atoms with Gasteiger partial charge in [-0.3, -0.25) is 19.6 Å². The minimum absolute atomic E-state index is 0.0888. The molecule has 0 aliphatic rings. The average molecular weight is 428 g/mol. The second kappa shape index (κ2) is 9.91. The summed E-state index contributed by atoms with van der Waals surface area (Å²) in [4.78, 5) is 23.2. The number of halogens is 2. The van der Waals surface area contributed by atoms with Crippen LogP contribution in [0.1, 0.15) is 31.5 Å². The number of carbonyl (C=O) groups is 2. The van der Waals surface area contributed by atoms with E-state index in [2.05, 4.69) is 10.4 Å². The van der Waals surface area contributed by atoms with Crippen molar-refractivity contribution >= 4 is 35.1 Å². The Hall–Kier alpha value is -2.09. The number of carboxylic acid groups (broad SMARTS) is 2. The second-order valence-corrected chi connectivity index (χ2v) is 7.91. The predicted molar refractivity (Wildman–Crippen MR) is 107 cm³/mol. The molecule has 0 aliphatic carbocycles. The van der Waals surface area contributed by atoms with Crippen molar-refractivity contribution in [1.82, 2.24) is 15.1 Å². The molecule has 152 valence electrons. The van der Waals surface area contributed by atoms with Gasteiger partial charge in [0.2, 0.25) is 0 Å². The molecule has 1 aromatic carbocycles. The standard InChI is InChI=1S/C19H23Cl2N3O4/c1-11(2)5-16(18(25)26)23-17(19(27)28)9-15-3-4-22-24(15)10-12-6-13(20)8-14(21)7-12/h3-4,6-8,11,16-17,23H,5,9-10H2,1-2H3,(H,25,26)(H,27,28)/t16-,17-/m0/s1. The van der Waals surface area contributed by atoms with Gasteiger partial charge in [-0.25, -0.2) is 0 Å². The molecule has 9 heteroatoms. The Bertz CT molecular complexity index is 818. The topological polar surface area (TPSA) is 104 Å². The van der Waals surface area contributed by atoms with Gasteiger partial charge in [-0.1, -0.05) is 37.0 Å². The number of carboxylic acids is 2. The third-order valence-corrected chi connectivity index (χ3v) is 4.61. The fraction of sp³-hybridized carbons (Fsp3) is 0.421. The van der Waals surface area contributed by atoms with Gasteiger partial charge in [0.1, 0.15) is 12.1 Å². The zero-order chi connectivity index (χ0) is 20.8. The molecule has 0 unspecified atom stereocenters. The number of nitrogens with zero attached hydrogens (tertiary/aromatic N) is 2. The van der Waals surface area contributed by atoms with Gasteiger partial charge in [-0.15, -0.1) is 0 Å². The van der Waals surface area contributed by atoms with Crippen LogP contribution in [0.25, 0.3) is 0 Å². The van der Waals surface area contributed by atoms with Crippen molar-refractivity contribution in [2.45, 2.75) is 45.3 Å². The van der Waals surface area contributed by atoms with Gasteiger partial charge >= 0.3 is 11.9 Å². The number of nitrogens with one attached hydrogen (secondary N) is 1. The minimum atomic E-state index is -1.12. The highest BCUT2D eigenvalue weighted by Gasteiger charge is 2.27. The van der Waals surface area contributed by atoms with E-state index in [1.54, 1.807) is 35.1 Å². The molecule has 0 bridgehead atoms. The van der Waals surface area contributed by atoms with Crippen molar-refractivity contribution in [3.63, 3.8) is 0 Å². The Morgan fingerprint density at radius 3 is 2.25 bits per heavy atom. The zero-order valence-electron chi connectivity index (χ0n) is 15.6. The van der Waals surface area contributed by atoms with E-state index in [0.717, 1.165) is 5.56 Å². The summed E-state index contributed by atoms with van der Waals surface area (Å²) in [5, 5.41) is 26.9. The Kier molecular flexibility index (Phi) is 7.86. The molecule has 2 rings (SSSR count). The van der Waals surface area contributed by atoms with Gasteiger partial charge in [0.25, 0.3) is 0 Å². The Morgan fingerprint density at radius 1 is 1.11 bits per heavy atom. The molecule has 0 fully saturated rings. The third-order valence-electron chi connectivity index (χ3n) is 4.18. The number of aliphatic carboxylic acids is 2. The molecule has 1 aromatic heterocycles. The van der Waals surface area contributed by atoms with Crippen LogP contribution in [-0.2, 0) is 22.6 Å². The van der Waals surface area contributed by atoms with Crippen molar-refractivity contribution < 1.29 is 19.8 Å². The number of hydrogen-bond donors (Lipinski definition) is 3. The van der Waals surface area contributed by atoms with E-state index < -0.39 is 24.0 Å². The van der Waals surface area contributed by atoms with Crippen LogP contribution in [-0.4, -0.2) is 44.0 Å². The fourth-order valence-corrected chi connectivity index (χ4v) is 3.50. The van der Waals surface area contributed by atoms with E-state index in [9.17, 15) is 19.8 Å². The van der Waals surface area contributed by atoms with Crippen LogP contribution in [0, 0.1) is 5.92 Å². The van der Waals surface area contributed by atoms with Gasteiger partial charge in [0.05, 0.1) is 6.54 Å². The first-order chi connectivity index (χ1) is 13.2. The van der Waals surface area contributed by atoms with Gasteiger partial charge in [0, 0.05) is 28.4 Å². The summed E-state index contributed by atoms with van der Waals surface area (Å²) in [6.07, 6.45) is 1.99. The Balaban J connectivity index is 2.17. The van der Waals surface area contributed by atoms with Crippen LogP contribution in [0.15, 0.2) is 30.5 Å². The largest absolute Gasteiger partial charge is 0.480 e. The summed E-state index contributed by atoms with van der Waals surface area (Å²) in [7, 11) is 0. The molecule has 28 heavy (non-hydrogen) atoms. The summed E-state index contributed by atoms with van der Waals surface area (Å²) in [5.41, 5.74) is 1.48. The van der Waals surface area contributed by atoms with E-state index in [4.69, 9.17) is 23.2 Å². The summed E-state index contributed by atoms with van der Waals surface area (Å²) >= 11 is 12.1. The van der Waals surface area contributed by atoms with Crippen molar-refractivity contribution in [3.05, 3.63) is 51.8 Å². The molecule has 2 aromatic rings. The molecule has 0 spiro atoms. The second-order valence-electron chi connectivity index (χ2n) is 7.04. The highest BCUT2D eigenvalue weighted by atomic mass is 35.5. The summed E-state index contributed by atoms with van der Waals surface area (Å²) in [6.45, 7) is 4.14. The zero-order valence-corrected chi connectivity index (χ0v) is 17.1. The predicted octanol–water partition coefficient (Wildman–Crippen LogP) is 3.32. The molecule has 0 aliphatic heterocycles. The van der Waals surface area contributed by atoms with E-state index in [0.29, 0.717) is 28.7 Å². The Morgan fingerprint density at radius 2 is 1.71 bits per heavy atom. The van der Waals surface area contributed by atoms with Gasteiger partial charge in [0.15, 0.2) is 0 Å². The molecule has 0 amide bonds. The van der Waals surface area contributed by atoms with E-state index in [1.807, 2.05) is 13.8 Å². The third kappa shape index (κ3) is 6.51. The molecule has 7 nitrogen and oxygen atoms in total. The quantitative estimate of drug-likeness (QED) is 0.536. The number of benzene rings is 1. The molecule has 1 heterocycles. The van der Waals surface area contributed by atoms with E-state index in [-0.39, 0.29) is 12.3 Å². The maximum absolute atomic E-state index is 11.7. The van der Waals surface area contributed by atoms with E-state index in [1.165, 1.54) is 0 Å². The molecular weight excluding hydrogens is 405 g/mol. The van der Waals surface area contributed by atoms with Crippen molar-refractivity contribution in [2.75, 3.05) is 0 Å². The lowest BCUT2D eigenvalue weighted by atomic mass is 10.0. The SMILES string of the molecule is CC(C)C[C@H](N[C@@H](Cc1ccnn1Cc1cc(Cl)cc(Cl)c1)C(=O)O)C(=O)O. The van der Waals surface area contributed by atoms with Gasteiger partial charge < -0.3 is 10.2 Å². The van der Waals surface area contributed by atoms with Crippen LogP contribution in [0.2, 0.25) is 10.0 Å². The summed E-state index contributed by atoms with van der Waals surface area (Å²) < 4.78 is 1.65. The molecule has 0 radical (unpaired) electrons. The fourth-order valence-electron chi connectivity index (χ4n) is 2.93. The highest BCUT2D eigenvalue weighted by Crippen LogP contribution is 2.20. The monoisotopic (exact) mass is 427 g/mol. The van der Waals surface area contributed by atoms with Crippen molar-refractivity contribution in [2.24, 2.45) is 5.92 Å². The van der Waals surface area contributed by atoms with Crippen molar-refractivity contribution in [3.8, 4) is 0 Å². The number of aromatic nitrogens is 2. The normalized spacial score (nSPS) is 13.5. The maximum atomic E-state index is 11.7. The van der Waals surface area contributed by atoms with Gasteiger partial charge in [-0.05, 0) is 42.2 Å². The van der Waals surface area contributed by atoms with Crippen LogP contribution in [0.3, 0.4) is 0 Å². The minimum Gasteiger partial charge on any atom is -0.480 e.